The first-order valence-electron chi connectivity index (χ1n) is 8.37. The average Bonchev–Trinajstić information content (AvgIpc) is 2.65. The average molecular weight is 377 g/mol. The molecule has 0 saturated carbocycles. The first kappa shape index (κ1) is 18.7. The van der Waals surface area contributed by atoms with E-state index in [0.717, 1.165) is 11.1 Å². The second-order valence-corrected chi connectivity index (χ2v) is 6.61. The van der Waals surface area contributed by atoms with E-state index in [9.17, 15) is 9.59 Å². The van der Waals surface area contributed by atoms with Gasteiger partial charge in [-0.2, -0.15) is 0 Å². The summed E-state index contributed by atoms with van der Waals surface area (Å²) >= 11 is 6.22. The smallest absolute Gasteiger partial charge is 0.267 e. The standard InChI is InChI=1S/C22H17ClN2O2/c1-14-3-7-16(8-4-14)21(26)24-18-11-12-20(19(23)13-18)25-22(27)17-9-5-15(2)6-10-17/h3-13H,1-2H3. The van der Waals surface area contributed by atoms with Gasteiger partial charge in [-0.1, -0.05) is 47.0 Å². The quantitative estimate of drug-likeness (QED) is 0.703. The van der Waals surface area contributed by atoms with Gasteiger partial charge in [-0.25, -0.2) is 9.98 Å². The first-order chi connectivity index (χ1) is 12.9. The maximum Gasteiger partial charge on any atom is 0.277 e. The molecule has 0 radical (unpaired) electrons. The molecule has 0 spiro atoms. The van der Waals surface area contributed by atoms with E-state index in [0.29, 0.717) is 22.6 Å². The third-order valence-electron chi connectivity index (χ3n) is 3.98. The predicted molar refractivity (Wildman–Crippen MR) is 109 cm³/mol. The van der Waals surface area contributed by atoms with Crippen molar-refractivity contribution in [2.24, 2.45) is 9.98 Å². The lowest BCUT2D eigenvalue weighted by Gasteiger charge is -2.06. The second kappa shape index (κ2) is 8.06. The molecule has 0 heterocycles. The van der Waals surface area contributed by atoms with Crippen molar-refractivity contribution in [1.29, 1.82) is 0 Å². The van der Waals surface area contributed by atoms with E-state index >= 15 is 0 Å². The summed E-state index contributed by atoms with van der Waals surface area (Å²) in [5.74, 6) is -0.733. The highest BCUT2D eigenvalue weighted by molar-refractivity contribution is 6.49. The lowest BCUT2D eigenvalue weighted by molar-refractivity contribution is 0.0994. The Morgan fingerprint density at radius 3 is 1.70 bits per heavy atom. The number of benzene rings is 2. The lowest BCUT2D eigenvalue weighted by atomic mass is 10.1. The number of allylic oxidation sites excluding steroid dienone is 4. The number of aryl methyl sites for hydroxylation is 2. The summed E-state index contributed by atoms with van der Waals surface area (Å²) in [6, 6.07) is 14.3. The number of carbonyl (C=O) groups is 2. The minimum absolute atomic E-state index is 0.258. The number of aliphatic imine (C=N–C) groups is 2. The van der Waals surface area contributed by atoms with Crippen molar-refractivity contribution < 1.29 is 9.59 Å². The molecule has 0 atom stereocenters. The molecular weight excluding hydrogens is 360 g/mol. The summed E-state index contributed by atoms with van der Waals surface area (Å²) < 4.78 is 0. The van der Waals surface area contributed by atoms with Gasteiger partial charge in [0.2, 0.25) is 0 Å². The van der Waals surface area contributed by atoms with Crippen LogP contribution in [0.5, 0.6) is 0 Å². The minimum Gasteiger partial charge on any atom is -0.267 e. The number of hydrogen-bond acceptors (Lipinski definition) is 2. The summed E-state index contributed by atoms with van der Waals surface area (Å²) in [7, 11) is 0. The van der Waals surface area contributed by atoms with Crippen LogP contribution >= 0.6 is 11.6 Å². The summed E-state index contributed by atoms with van der Waals surface area (Å²) in [5, 5.41) is 0.258. The highest BCUT2D eigenvalue weighted by Crippen LogP contribution is 2.15. The van der Waals surface area contributed by atoms with E-state index in [1.165, 1.54) is 6.08 Å². The molecule has 0 N–H and O–H groups in total. The molecular formula is C22H17ClN2O2. The maximum atomic E-state index is 12.2. The number of hydrogen-bond donors (Lipinski definition) is 0. The van der Waals surface area contributed by atoms with E-state index in [2.05, 4.69) is 9.98 Å². The van der Waals surface area contributed by atoms with Crippen LogP contribution in [0.4, 0.5) is 0 Å². The molecule has 1 aliphatic carbocycles. The molecule has 27 heavy (non-hydrogen) atoms. The van der Waals surface area contributed by atoms with Crippen LogP contribution < -0.4 is 0 Å². The third-order valence-corrected chi connectivity index (χ3v) is 4.28. The predicted octanol–water partition coefficient (Wildman–Crippen LogP) is 4.86. The molecule has 0 bridgehead atoms. The molecule has 134 valence electrons. The molecule has 0 fully saturated rings. The summed E-state index contributed by atoms with van der Waals surface area (Å²) in [5.41, 5.74) is 3.86. The fourth-order valence-corrected chi connectivity index (χ4v) is 2.62. The number of halogens is 1. The largest absolute Gasteiger partial charge is 0.277 e. The van der Waals surface area contributed by atoms with Gasteiger partial charge in [0.15, 0.2) is 0 Å². The Hall–Kier alpha value is -3.11. The van der Waals surface area contributed by atoms with Gasteiger partial charge in [0, 0.05) is 11.1 Å². The van der Waals surface area contributed by atoms with E-state index < -0.39 is 0 Å². The van der Waals surface area contributed by atoms with Crippen molar-refractivity contribution in [3.63, 3.8) is 0 Å². The topological polar surface area (TPSA) is 58.9 Å². The van der Waals surface area contributed by atoms with Crippen molar-refractivity contribution in [3.05, 3.63) is 94.0 Å². The van der Waals surface area contributed by atoms with Crippen LogP contribution in [-0.4, -0.2) is 23.2 Å². The Morgan fingerprint density at radius 2 is 1.22 bits per heavy atom. The minimum atomic E-state index is -0.377. The van der Waals surface area contributed by atoms with Crippen LogP contribution in [0.1, 0.15) is 31.8 Å². The van der Waals surface area contributed by atoms with Crippen molar-refractivity contribution in [2.75, 3.05) is 0 Å². The van der Waals surface area contributed by atoms with Crippen molar-refractivity contribution >= 4 is 34.8 Å². The Bertz CT molecular complexity index is 1010. The van der Waals surface area contributed by atoms with Crippen LogP contribution in [0.2, 0.25) is 0 Å². The van der Waals surface area contributed by atoms with E-state index in [4.69, 9.17) is 11.6 Å². The number of nitrogens with zero attached hydrogens (tertiary/aromatic N) is 2. The molecule has 2 aromatic rings. The van der Waals surface area contributed by atoms with Gasteiger partial charge >= 0.3 is 0 Å². The van der Waals surface area contributed by atoms with E-state index in [1.807, 2.05) is 38.1 Å². The normalized spacial score (nSPS) is 16.5. The molecule has 0 unspecified atom stereocenters. The van der Waals surface area contributed by atoms with Gasteiger partial charge in [0.05, 0.1) is 16.5 Å². The Morgan fingerprint density at radius 1 is 0.741 bits per heavy atom. The SMILES string of the molecule is Cc1ccc(C(=O)N=C2C=CC(=NC(=O)c3ccc(C)cc3)C(Cl)=C2)cc1. The van der Waals surface area contributed by atoms with Crippen molar-refractivity contribution in [2.45, 2.75) is 13.8 Å². The van der Waals surface area contributed by atoms with E-state index in [-0.39, 0.29) is 16.8 Å². The maximum absolute atomic E-state index is 12.2. The van der Waals surface area contributed by atoms with Gasteiger partial charge in [-0.3, -0.25) is 9.59 Å². The van der Waals surface area contributed by atoms with Gasteiger partial charge in [0.1, 0.15) is 0 Å². The Labute approximate surface area is 162 Å². The van der Waals surface area contributed by atoms with Gasteiger partial charge in [0.25, 0.3) is 11.8 Å². The summed E-state index contributed by atoms with van der Waals surface area (Å²) in [6.45, 7) is 3.90. The molecule has 5 heteroatoms. The molecule has 3 rings (SSSR count). The van der Waals surface area contributed by atoms with Crippen LogP contribution in [0, 0.1) is 13.8 Å². The lowest BCUT2D eigenvalue weighted by Crippen LogP contribution is -2.09. The first-order valence-corrected chi connectivity index (χ1v) is 8.75. The molecule has 0 aliphatic heterocycles. The number of carbonyl (C=O) groups excluding carboxylic acids is 2. The number of rotatable bonds is 2. The fourth-order valence-electron chi connectivity index (χ4n) is 2.40. The van der Waals surface area contributed by atoms with Gasteiger partial charge < -0.3 is 0 Å². The molecule has 4 nitrogen and oxygen atoms in total. The Balaban J connectivity index is 1.77. The second-order valence-electron chi connectivity index (χ2n) is 6.20. The highest BCUT2D eigenvalue weighted by atomic mass is 35.5. The Kier molecular flexibility index (Phi) is 5.57. The van der Waals surface area contributed by atoms with Crippen LogP contribution in [0.3, 0.4) is 0 Å². The van der Waals surface area contributed by atoms with Crippen LogP contribution in [-0.2, 0) is 0 Å². The molecule has 1 aliphatic rings. The fraction of sp³-hybridized carbons (Fsp3) is 0.0909. The van der Waals surface area contributed by atoms with Crippen LogP contribution in [0.15, 0.2) is 81.8 Å². The number of amides is 2. The van der Waals surface area contributed by atoms with Gasteiger partial charge in [-0.15, -0.1) is 0 Å². The molecule has 2 amide bonds. The zero-order valence-electron chi connectivity index (χ0n) is 14.9. The van der Waals surface area contributed by atoms with Crippen molar-refractivity contribution in [1.82, 2.24) is 0 Å². The highest BCUT2D eigenvalue weighted by Gasteiger charge is 2.13. The van der Waals surface area contributed by atoms with Crippen molar-refractivity contribution in [3.8, 4) is 0 Å². The van der Waals surface area contributed by atoms with Crippen LogP contribution in [0.25, 0.3) is 0 Å². The third kappa shape index (κ3) is 4.74. The summed E-state index contributed by atoms with van der Waals surface area (Å²) in [6.07, 6.45) is 4.71. The monoisotopic (exact) mass is 376 g/mol. The van der Waals surface area contributed by atoms with E-state index in [1.54, 1.807) is 36.4 Å². The zero-order chi connectivity index (χ0) is 19.4. The van der Waals surface area contributed by atoms with Gasteiger partial charge in [-0.05, 0) is 56.3 Å². The molecule has 0 saturated heterocycles. The molecule has 2 aromatic carbocycles. The molecule has 0 aromatic heterocycles. The zero-order valence-corrected chi connectivity index (χ0v) is 15.7. The summed E-state index contributed by atoms with van der Waals surface area (Å²) in [4.78, 5) is 32.6.